The molecule has 3 fully saturated rings. The van der Waals surface area contributed by atoms with Crippen molar-refractivity contribution in [2.45, 2.75) is 48.5 Å². The molecule has 1 saturated carbocycles. The number of piperazine rings is 1. The molecule has 172 valence electrons. The minimum atomic E-state index is -4.64. The zero-order chi connectivity index (χ0) is 22.5. The van der Waals surface area contributed by atoms with Crippen LogP contribution < -0.4 is 4.74 Å². The molecule has 32 heavy (non-hydrogen) atoms. The Labute approximate surface area is 183 Å². The van der Waals surface area contributed by atoms with Crippen molar-refractivity contribution in [2.24, 2.45) is 0 Å². The zero-order valence-electron chi connectivity index (χ0n) is 17.1. The van der Waals surface area contributed by atoms with Crippen molar-refractivity contribution >= 4 is 10.0 Å². The Bertz CT molecular complexity index is 1090. The predicted octanol–water partition coefficient (Wildman–Crippen LogP) is 2.29. The summed E-state index contributed by atoms with van der Waals surface area (Å²) in [6.45, 7) is 1.45. The van der Waals surface area contributed by atoms with Crippen LogP contribution in [0.3, 0.4) is 0 Å². The first-order valence-corrected chi connectivity index (χ1v) is 11.9. The van der Waals surface area contributed by atoms with Crippen LogP contribution in [-0.4, -0.2) is 70.9 Å². The monoisotopic (exact) mass is 469 g/mol. The highest BCUT2D eigenvalue weighted by Gasteiger charge is 2.42. The molecule has 4 heterocycles. The molecule has 12 heteroatoms. The fraction of sp³-hybridized carbons (Fsp3) is 0.550. The summed E-state index contributed by atoms with van der Waals surface area (Å²) in [5, 5.41) is -0.586. The number of pyridine rings is 1. The van der Waals surface area contributed by atoms with Gasteiger partial charge in [-0.3, -0.25) is 9.88 Å². The summed E-state index contributed by atoms with van der Waals surface area (Å²) in [6.07, 6.45) is 2.33. The number of fused-ring (bicyclic) bond motifs is 1. The van der Waals surface area contributed by atoms with Crippen molar-refractivity contribution in [1.82, 2.24) is 24.2 Å². The van der Waals surface area contributed by atoms with Crippen LogP contribution in [0.2, 0.25) is 0 Å². The normalized spacial score (nSPS) is 25.0. The Balaban J connectivity index is 1.24. The highest BCUT2D eigenvalue weighted by molar-refractivity contribution is 7.89. The van der Waals surface area contributed by atoms with E-state index in [1.807, 2.05) is 0 Å². The van der Waals surface area contributed by atoms with Crippen molar-refractivity contribution in [3.8, 4) is 5.88 Å². The van der Waals surface area contributed by atoms with Crippen LogP contribution in [-0.2, 0) is 16.2 Å². The molecular formula is C20H22F3N5O3S. The second-order valence-corrected chi connectivity index (χ2v) is 10.3. The first kappa shape index (κ1) is 21.5. The van der Waals surface area contributed by atoms with Crippen LogP contribution in [0.1, 0.15) is 36.4 Å². The number of aromatic nitrogens is 3. The van der Waals surface area contributed by atoms with Crippen molar-refractivity contribution in [3.05, 3.63) is 42.0 Å². The van der Waals surface area contributed by atoms with Gasteiger partial charge in [0.05, 0.1) is 23.7 Å². The van der Waals surface area contributed by atoms with E-state index < -0.39 is 26.8 Å². The molecular weight excluding hydrogens is 447 g/mol. The number of nitrogens with zero attached hydrogens (tertiary/aromatic N) is 5. The van der Waals surface area contributed by atoms with E-state index in [9.17, 15) is 21.6 Å². The van der Waals surface area contributed by atoms with Gasteiger partial charge in [0.25, 0.3) is 10.0 Å². The van der Waals surface area contributed by atoms with Gasteiger partial charge in [-0.05, 0) is 25.0 Å². The molecule has 2 aromatic rings. The minimum Gasteiger partial charge on any atom is -0.472 e. The maximum Gasteiger partial charge on any atom is 0.416 e. The SMILES string of the molecule is O=S(=O)(c1cc(C(F)(F)F)ccn1)N1CCN2C[C@H](Oc3cnc(C4CC4)cn3)C[C@H]2C1. The Morgan fingerprint density at radius 1 is 1.06 bits per heavy atom. The van der Waals surface area contributed by atoms with Gasteiger partial charge in [-0.15, -0.1) is 0 Å². The first-order valence-electron chi connectivity index (χ1n) is 10.5. The molecule has 0 N–H and O–H groups in total. The molecule has 2 atom stereocenters. The maximum atomic E-state index is 13.0. The quantitative estimate of drug-likeness (QED) is 0.664. The van der Waals surface area contributed by atoms with Gasteiger partial charge >= 0.3 is 6.18 Å². The van der Waals surface area contributed by atoms with E-state index in [0.717, 1.165) is 30.8 Å². The molecule has 2 aromatic heterocycles. The van der Waals surface area contributed by atoms with E-state index in [4.69, 9.17) is 4.74 Å². The lowest BCUT2D eigenvalue weighted by molar-refractivity contribution is -0.137. The van der Waals surface area contributed by atoms with Gasteiger partial charge in [-0.1, -0.05) is 0 Å². The number of alkyl halides is 3. The topological polar surface area (TPSA) is 88.5 Å². The first-order chi connectivity index (χ1) is 15.2. The van der Waals surface area contributed by atoms with Crippen molar-refractivity contribution in [3.63, 3.8) is 0 Å². The van der Waals surface area contributed by atoms with E-state index in [1.54, 1.807) is 12.4 Å². The summed E-state index contributed by atoms with van der Waals surface area (Å²) in [5.74, 6) is 0.952. The third-order valence-corrected chi connectivity index (χ3v) is 7.90. The summed E-state index contributed by atoms with van der Waals surface area (Å²) in [4.78, 5) is 14.6. The molecule has 2 saturated heterocycles. The molecule has 5 rings (SSSR count). The minimum absolute atomic E-state index is 0.0898. The molecule has 0 radical (unpaired) electrons. The Morgan fingerprint density at radius 2 is 1.88 bits per heavy atom. The molecule has 0 spiro atoms. The summed E-state index contributed by atoms with van der Waals surface area (Å²) in [7, 11) is -4.13. The number of sulfonamides is 1. The lowest BCUT2D eigenvalue weighted by Crippen LogP contribution is -2.52. The number of hydrogen-bond acceptors (Lipinski definition) is 7. The van der Waals surface area contributed by atoms with Crippen molar-refractivity contribution in [2.75, 3.05) is 26.2 Å². The van der Waals surface area contributed by atoms with Gasteiger partial charge in [-0.2, -0.15) is 17.5 Å². The summed E-state index contributed by atoms with van der Waals surface area (Å²) < 4.78 is 72.1. The lowest BCUT2D eigenvalue weighted by Gasteiger charge is -2.36. The number of hydrogen-bond donors (Lipinski definition) is 0. The summed E-state index contributed by atoms with van der Waals surface area (Å²) >= 11 is 0. The average molecular weight is 469 g/mol. The van der Waals surface area contributed by atoms with Crippen molar-refractivity contribution in [1.29, 1.82) is 0 Å². The Morgan fingerprint density at radius 3 is 2.56 bits per heavy atom. The van der Waals surface area contributed by atoms with E-state index in [0.29, 0.717) is 37.4 Å². The molecule has 3 aliphatic rings. The second-order valence-electron chi connectivity index (χ2n) is 8.42. The number of rotatable bonds is 5. The molecule has 1 aliphatic carbocycles. The summed E-state index contributed by atoms with van der Waals surface area (Å²) in [6, 6.07) is 1.26. The van der Waals surface area contributed by atoms with E-state index in [1.165, 1.54) is 4.31 Å². The molecule has 0 unspecified atom stereocenters. The lowest BCUT2D eigenvalue weighted by atomic mass is 10.2. The fourth-order valence-electron chi connectivity index (χ4n) is 4.28. The summed E-state index contributed by atoms with van der Waals surface area (Å²) in [5.41, 5.74) is -0.0573. The third kappa shape index (κ3) is 4.30. The Kier molecular flexibility index (Phi) is 5.33. The fourth-order valence-corrected chi connectivity index (χ4v) is 5.70. The van der Waals surface area contributed by atoms with Gasteiger partial charge in [-0.25, -0.2) is 18.4 Å². The van der Waals surface area contributed by atoms with Gasteiger partial charge in [0.15, 0.2) is 5.03 Å². The van der Waals surface area contributed by atoms with Gasteiger partial charge in [0, 0.05) is 50.8 Å². The van der Waals surface area contributed by atoms with Crippen LogP contribution in [0.15, 0.2) is 35.7 Å². The van der Waals surface area contributed by atoms with Crippen LogP contribution in [0.25, 0.3) is 0 Å². The van der Waals surface area contributed by atoms with Crippen LogP contribution in [0, 0.1) is 0 Å². The van der Waals surface area contributed by atoms with E-state index in [-0.39, 0.29) is 25.2 Å². The van der Waals surface area contributed by atoms with Crippen LogP contribution in [0.5, 0.6) is 5.88 Å². The molecule has 0 amide bonds. The number of halogens is 3. The average Bonchev–Trinajstić information content (AvgIpc) is 3.53. The van der Waals surface area contributed by atoms with E-state index >= 15 is 0 Å². The highest BCUT2D eigenvalue weighted by Crippen LogP contribution is 2.38. The standard InChI is InChI=1S/C20H22F3N5O3S/c21-20(22,23)14-3-4-24-19(7-14)32(29,30)28-6-5-27-12-16(8-15(27)11-28)31-18-10-25-17(9-26-18)13-1-2-13/h3-4,7,9-10,13,15-16H,1-2,5-6,8,11-12H2/t15-,16+/m0/s1. The van der Waals surface area contributed by atoms with Crippen LogP contribution in [0.4, 0.5) is 13.2 Å². The second kappa shape index (κ2) is 7.92. The van der Waals surface area contributed by atoms with E-state index in [2.05, 4.69) is 19.9 Å². The predicted molar refractivity (Wildman–Crippen MR) is 106 cm³/mol. The molecule has 0 aromatic carbocycles. The molecule has 8 nitrogen and oxygen atoms in total. The zero-order valence-corrected chi connectivity index (χ0v) is 17.9. The number of ether oxygens (including phenoxy) is 1. The smallest absolute Gasteiger partial charge is 0.416 e. The van der Waals surface area contributed by atoms with Gasteiger partial charge in [0.2, 0.25) is 5.88 Å². The van der Waals surface area contributed by atoms with Crippen LogP contribution >= 0.6 is 0 Å². The van der Waals surface area contributed by atoms with Gasteiger partial charge < -0.3 is 4.74 Å². The third-order valence-electron chi connectivity index (χ3n) is 6.14. The van der Waals surface area contributed by atoms with Crippen molar-refractivity contribution < 1.29 is 26.3 Å². The molecule has 2 aliphatic heterocycles. The Hall–Kier alpha value is -2.31. The molecule has 0 bridgehead atoms. The largest absolute Gasteiger partial charge is 0.472 e. The van der Waals surface area contributed by atoms with Gasteiger partial charge in [0.1, 0.15) is 6.10 Å². The maximum absolute atomic E-state index is 13.0. The highest BCUT2D eigenvalue weighted by atomic mass is 32.2.